The SMILES string of the molecule is COc1cc(CN=C=O)c(O)cc1Br. The fourth-order valence-electron chi connectivity index (χ4n) is 0.986. The van der Waals surface area contributed by atoms with Crippen molar-refractivity contribution in [2.45, 2.75) is 6.54 Å². The third-order valence-electron chi connectivity index (χ3n) is 1.67. The molecule has 0 aliphatic carbocycles. The molecule has 1 aromatic carbocycles. The van der Waals surface area contributed by atoms with E-state index in [2.05, 4.69) is 20.9 Å². The molecule has 0 aliphatic rings. The number of nitrogens with zero attached hydrogens (tertiary/aromatic N) is 1. The van der Waals surface area contributed by atoms with Gasteiger partial charge in [-0.3, -0.25) is 0 Å². The highest BCUT2D eigenvalue weighted by Gasteiger charge is 2.07. The van der Waals surface area contributed by atoms with Crippen molar-refractivity contribution < 1.29 is 14.6 Å². The van der Waals surface area contributed by atoms with Crippen LogP contribution in [0.25, 0.3) is 0 Å². The first-order valence-electron chi connectivity index (χ1n) is 3.78. The predicted molar refractivity (Wildman–Crippen MR) is 54.2 cm³/mol. The molecule has 0 fully saturated rings. The van der Waals surface area contributed by atoms with Gasteiger partial charge in [-0.25, -0.2) is 9.79 Å². The Hall–Kier alpha value is -1.32. The molecule has 0 saturated carbocycles. The molecule has 0 spiro atoms. The number of aromatic hydroxyl groups is 1. The van der Waals surface area contributed by atoms with Crippen molar-refractivity contribution in [3.63, 3.8) is 0 Å². The van der Waals surface area contributed by atoms with Crippen LogP contribution in [0.15, 0.2) is 21.6 Å². The quantitative estimate of drug-likeness (QED) is 0.666. The van der Waals surface area contributed by atoms with Crippen molar-refractivity contribution in [1.82, 2.24) is 0 Å². The summed E-state index contributed by atoms with van der Waals surface area (Å²) in [6.07, 6.45) is 1.41. The van der Waals surface area contributed by atoms with Gasteiger partial charge in [-0.05, 0) is 28.1 Å². The van der Waals surface area contributed by atoms with E-state index < -0.39 is 0 Å². The fourth-order valence-corrected chi connectivity index (χ4v) is 1.48. The second kappa shape index (κ2) is 4.79. The Kier molecular flexibility index (Phi) is 3.68. The van der Waals surface area contributed by atoms with E-state index in [-0.39, 0.29) is 12.3 Å². The van der Waals surface area contributed by atoms with Gasteiger partial charge in [0.2, 0.25) is 6.08 Å². The van der Waals surface area contributed by atoms with E-state index in [1.54, 1.807) is 6.07 Å². The summed E-state index contributed by atoms with van der Waals surface area (Å²) < 4.78 is 5.67. The Balaban J connectivity index is 3.10. The number of halogens is 1. The normalized spacial score (nSPS) is 9.29. The van der Waals surface area contributed by atoms with Crippen LogP contribution < -0.4 is 4.74 Å². The van der Waals surface area contributed by atoms with Crippen LogP contribution in [0.3, 0.4) is 0 Å². The zero-order chi connectivity index (χ0) is 10.6. The Labute approximate surface area is 89.4 Å². The Morgan fingerprint density at radius 2 is 2.36 bits per heavy atom. The van der Waals surface area contributed by atoms with Gasteiger partial charge in [0.05, 0.1) is 18.1 Å². The summed E-state index contributed by atoms with van der Waals surface area (Å²) in [5.74, 6) is 0.649. The van der Waals surface area contributed by atoms with E-state index in [1.165, 1.54) is 19.3 Å². The maximum atomic E-state index is 9.90. The number of carbonyl (C=O) groups excluding carboxylic acids is 1. The summed E-state index contributed by atoms with van der Waals surface area (Å²) in [6, 6.07) is 3.11. The van der Waals surface area contributed by atoms with Crippen LogP contribution in [-0.4, -0.2) is 18.3 Å². The van der Waals surface area contributed by atoms with Gasteiger partial charge in [0.15, 0.2) is 0 Å². The average molecular weight is 258 g/mol. The van der Waals surface area contributed by atoms with Gasteiger partial charge in [-0.15, -0.1) is 0 Å². The first kappa shape index (κ1) is 10.8. The summed E-state index contributed by atoms with van der Waals surface area (Å²) in [6.45, 7) is 0.0962. The third kappa shape index (κ3) is 2.34. The standard InChI is InChI=1S/C9H8BrNO3/c1-14-9-2-6(4-11-5-12)8(13)3-7(9)10/h2-3,13H,4H2,1H3. The lowest BCUT2D eigenvalue weighted by Crippen LogP contribution is -1.89. The second-order valence-corrected chi connectivity index (χ2v) is 3.38. The Morgan fingerprint density at radius 1 is 1.64 bits per heavy atom. The molecule has 4 nitrogen and oxygen atoms in total. The third-order valence-corrected chi connectivity index (χ3v) is 2.29. The molecule has 14 heavy (non-hydrogen) atoms. The van der Waals surface area contributed by atoms with Crippen LogP contribution in [0.1, 0.15) is 5.56 Å². The molecule has 0 heterocycles. The summed E-state index contributed by atoms with van der Waals surface area (Å²) in [7, 11) is 1.52. The summed E-state index contributed by atoms with van der Waals surface area (Å²) in [4.78, 5) is 13.3. The molecule has 5 heteroatoms. The van der Waals surface area contributed by atoms with Crippen LogP contribution in [-0.2, 0) is 11.3 Å². The number of phenols is 1. The molecule has 1 aromatic rings. The van der Waals surface area contributed by atoms with E-state index >= 15 is 0 Å². The van der Waals surface area contributed by atoms with Gasteiger partial charge in [0.25, 0.3) is 0 Å². The number of benzene rings is 1. The van der Waals surface area contributed by atoms with Crippen molar-refractivity contribution in [3.05, 3.63) is 22.2 Å². The van der Waals surface area contributed by atoms with E-state index in [0.717, 1.165) is 0 Å². The number of hydrogen-bond donors (Lipinski definition) is 1. The van der Waals surface area contributed by atoms with Gasteiger partial charge in [0, 0.05) is 5.56 Å². The molecular weight excluding hydrogens is 250 g/mol. The number of isocyanates is 1. The highest BCUT2D eigenvalue weighted by Crippen LogP contribution is 2.32. The molecule has 0 bridgehead atoms. The van der Waals surface area contributed by atoms with Crippen molar-refractivity contribution in [1.29, 1.82) is 0 Å². The van der Waals surface area contributed by atoms with E-state index in [9.17, 15) is 9.90 Å². The summed E-state index contributed by atoms with van der Waals surface area (Å²) in [5.41, 5.74) is 0.522. The smallest absolute Gasteiger partial charge is 0.235 e. The van der Waals surface area contributed by atoms with Gasteiger partial charge in [-0.2, -0.15) is 0 Å². The van der Waals surface area contributed by atoms with Crippen LogP contribution in [0.4, 0.5) is 0 Å². The van der Waals surface area contributed by atoms with E-state index in [4.69, 9.17) is 4.74 Å². The van der Waals surface area contributed by atoms with Crippen LogP contribution >= 0.6 is 15.9 Å². The van der Waals surface area contributed by atoms with Crippen molar-refractivity contribution in [2.75, 3.05) is 7.11 Å². The molecule has 1 rings (SSSR count). The number of hydrogen-bond acceptors (Lipinski definition) is 4. The minimum atomic E-state index is 0.0664. The lowest BCUT2D eigenvalue weighted by atomic mass is 10.2. The minimum absolute atomic E-state index is 0.0664. The zero-order valence-electron chi connectivity index (χ0n) is 7.45. The largest absolute Gasteiger partial charge is 0.508 e. The van der Waals surface area contributed by atoms with Gasteiger partial charge in [0.1, 0.15) is 11.5 Å². The van der Waals surface area contributed by atoms with Crippen molar-refractivity contribution in [2.24, 2.45) is 4.99 Å². The second-order valence-electron chi connectivity index (χ2n) is 2.52. The monoisotopic (exact) mass is 257 g/mol. The molecule has 0 unspecified atom stereocenters. The molecule has 0 amide bonds. The molecule has 1 N–H and O–H groups in total. The minimum Gasteiger partial charge on any atom is -0.508 e. The molecule has 74 valence electrons. The first-order valence-corrected chi connectivity index (χ1v) is 4.57. The Morgan fingerprint density at radius 3 is 2.93 bits per heavy atom. The van der Waals surface area contributed by atoms with Crippen LogP contribution in [0, 0.1) is 0 Å². The number of ether oxygens (including phenoxy) is 1. The maximum absolute atomic E-state index is 9.90. The first-order chi connectivity index (χ1) is 6.69. The average Bonchev–Trinajstić information content (AvgIpc) is 2.17. The Bertz CT molecular complexity index is 386. The topological polar surface area (TPSA) is 58.9 Å². The fraction of sp³-hybridized carbons (Fsp3) is 0.222. The lowest BCUT2D eigenvalue weighted by molar-refractivity contribution is 0.408. The molecular formula is C9H8BrNO3. The van der Waals surface area contributed by atoms with Crippen molar-refractivity contribution >= 4 is 22.0 Å². The van der Waals surface area contributed by atoms with Crippen LogP contribution in [0.2, 0.25) is 0 Å². The highest BCUT2D eigenvalue weighted by molar-refractivity contribution is 9.10. The van der Waals surface area contributed by atoms with E-state index in [1.807, 2.05) is 0 Å². The van der Waals surface area contributed by atoms with E-state index in [0.29, 0.717) is 15.8 Å². The predicted octanol–water partition coefficient (Wildman–Crippen LogP) is 2.00. The molecule has 0 aromatic heterocycles. The molecule has 0 aliphatic heterocycles. The maximum Gasteiger partial charge on any atom is 0.235 e. The van der Waals surface area contributed by atoms with Crippen molar-refractivity contribution in [3.8, 4) is 11.5 Å². The summed E-state index contributed by atoms with van der Waals surface area (Å²) >= 11 is 3.22. The lowest BCUT2D eigenvalue weighted by Gasteiger charge is -2.06. The number of aliphatic imine (C=N–C) groups is 1. The molecule has 0 radical (unpaired) electrons. The van der Waals surface area contributed by atoms with Gasteiger partial charge < -0.3 is 9.84 Å². The van der Waals surface area contributed by atoms with Gasteiger partial charge >= 0.3 is 0 Å². The van der Waals surface area contributed by atoms with Gasteiger partial charge in [-0.1, -0.05) is 0 Å². The number of methoxy groups -OCH3 is 1. The highest BCUT2D eigenvalue weighted by atomic mass is 79.9. The van der Waals surface area contributed by atoms with Crippen LogP contribution in [0.5, 0.6) is 11.5 Å². The number of rotatable bonds is 3. The number of phenolic OH excluding ortho intramolecular Hbond substituents is 1. The molecule has 0 atom stereocenters. The zero-order valence-corrected chi connectivity index (χ0v) is 9.04. The molecule has 0 saturated heterocycles. The summed E-state index contributed by atoms with van der Waals surface area (Å²) in [5, 5.41) is 9.46.